The number of carbonyl (C=O) groups is 2. The van der Waals surface area contributed by atoms with Gasteiger partial charge in [-0.15, -0.1) is 0 Å². The Morgan fingerprint density at radius 2 is 1.38 bits per heavy atom. The molecule has 1 aromatic rings. The Kier molecular flexibility index (Phi) is 6.40. The molecule has 2 N–H and O–H groups in total. The van der Waals surface area contributed by atoms with Crippen molar-refractivity contribution < 1.29 is 19.8 Å². The van der Waals surface area contributed by atoms with Gasteiger partial charge in [0.2, 0.25) is 0 Å². The first-order valence-electron chi connectivity index (χ1n) is 7.48. The van der Waals surface area contributed by atoms with Gasteiger partial charge in [0, 0.05) is 0 Å². The number of hydrogen-bond donors (Lipinski definition) is 2. The van der Waals surface area contributed by atoms with E-state index in [-0.39, 0.29) is 16.7 Å². The Balaban J connectivity index is 0.000000235. The second kappa shape index (κ2) is 7.81. The van der Waals surface area contributed by atoms with Gasteiger partial charge in [0.25, 0.3) is 0 Å². The van der Waals surface area contributed by atoms with E-state index in [4.69, 9.17) is 10.2 Å². The molecule has 0 spiro atoms. The van der Waals surface area contributed by atoms with Crippen molar-refractivity contribution in [1.29, 1.82) is 0 Å². The van der Waals surface area contributed by atoms with Crippen molar-refractivity contribution in [2.45, 2.75) is 46.5 Å². The fourth-order valence-electron chi connectivity index (χ4n) is 2.81. The lowest BCUT2D eigenvalue weighted by Gasteiger charge is -2.35. The zero-order valence-electron chi connectivity index (χ0n) is 12.9. The summed E-state index contributed by atoms with van der Waals surface area (Å²) in [5, 5.41) is 17.4. The van der Waals surface area contributed by atoms with Crippen molar-refractivity contribution >= 4 is 11.9 Å². The third kappa shape index (κ3) is 4.31. The monoisotopic (exact) mass is 292 g/mol. The number of benzene rings is 1. The van der Waals surface area contributed by atoms with Crippen LogP contribution in [0.5, 0.6) is 0 Å². The summed E-state index contributed by atoms with van der Waals surface area (Å²) in [4.78, 5) is 21.2. The first-order valence-corrected chi connectivity index (χ1v) is 7.48. The summed E-state index contributed by atoms with van der Waals surface area (Å²) >= 11 is 0. The molecule has 1 aliphatic rings. The maximum Gasteiger partial charge on any atom is 0.335 e. The van der Waals surface area contributed by atoms with Gasteiger partial charge < -0.3 is 10.2 Å². The number of carboxylic acids is 2. The summed E-state index contributed by atoms with van der Waals surface area (Å²) < 4.78 is 0. The van der Waals surface area contributed by atoms with E-state index in [1.807, 2.05) is 0 Å². The summed E-state index contributed by atoms with van der Waals surface area (Å²) in [6.07, 6.45) is 5.85. The lowest BCUT2D eigenvalue weighted by Crippen LogP contribution is -2.23. The molecule has 21 heavy (non-hydrogen) atoms. The highest BCUT2D eigenvalue weighted by Gasteiger charge is 2.26. The van der Waals surface area contributed by atoms with Crippen LogP contribution in [-0.4, -0.2) is 22.2 Å². The topological polar surface area (TPSA) is 74.6 Å². The maximum atomic E-state index is 10.6. The summed E-state index contributed by atoms with van der Waals surface area (Å²) in [6.45, 7) is 6.10. The van der Waals surface area contributed by atoms with Crippen molar-refractivity contribution in [1.82, 2.24) is 0 Å². The van der Waals surface area contributed by atoms with Gasteiger partial charge in [-0.05, 0) is 49.3 Å². The van der Waals surface area contributed by atoms with Crippen molar-refractivity contribution in [2.75, 3.05) is 0 Å². The number of hydrogen-bond acceptors (Lipinski definition) is 2. The minimum absolute atomic E-state index is 0.0277. The van der Waals surface area contributed by atoms with Crippen molar-refractivity contribution in [2.24, 2.45) is 11.8 Å². The molecule has 2 unspecified atom stereocenters. The lowest BCUT2D eigenvalue weighted by molar-refractivity contribution is 0.0696. The molecule has 1 fully saturated rings. The van der Waals surface area contributed by atoms with Gasteiger partial charge >= 0.3 is 11.9 Å². The van der Waals surface area contributed by atoms with Gasteiger partial charge in [-0.25, -0.2) is 9.59 Å². The predicted octanol–water partition coefficient (Wildman–Crippen LogP) is 4.22. The third-order valence-corrected chi connectivity index (χ3v) is 4.42. The van der Waals surface area contributed by atoms with Crippen molar-refractivity contribution in [3.05, 3.63) is 34.9 Å². The SMILES string of the molecule is CCC1CCC1CC.Cc1c(C(=O)O)cccc1C(=O)O. The molecule has 0 bridgehead atoms. The normalized spacial score (nSPS) is 20.0. The predicted molar refractivity (Wildman–Crippen MR) is 81.9 cm³/mol. The molecule has 0 aliphatic heterocycles. The largest absolute Gasteiger partial charge is 0.478 e. The highest BCUT2D eigenvalue weighted by molar-refractivity contribution is 5.96. The molecular weight excluding hydrogens is 268 g/mol. The molecule has 4 nitrogen and oxygen atoms in total. The molecule has 1 aromatic carbocycles. The van der Waals surface area contributed by atoms with Gasteiger partial charge in [-0.2, -0.15) is 0 Å². The number of rotatable bonds is 4. The quantitative estimate of drug-likeness (QED) is 0.871. The van der Waals surface area contributed by atoms with E-state index in [0.29, 0.717) is 0 Å². The summed E-state index contributed by atoms with van der Waals surface area (Å²) in [5.41, 5.74) is 0.335. The molecule has 0 heterocycles. The van der Waals surface area contributed by atoms with Crippen LogP contribution in [0, 0.1) is 18.8 Å². The van der Waals surface area contributed by atoms with Crippen molar-refractivity contribution in [3.63, 3.8) is 0 Å². The van der Waals surface area contributed by atoms with Gasteiger partial charge in [0.05, 0.1) is 11.1 Å². The summed E-state index contributed by atoms with van der Waals surface area (Å²) in [5.74, 6) is -0.0267. The highest BCUT2D eigenvalue weighted by Crippen LogP contribution is 2.38. The standard InChI is InChI=1S/C9H8O4.C8H16/c1-5-6(8(10)11)3-2-4-7(5)9(12)13;1-3-7-5-6-8(7)4-2/h2-4H,1H3,(H,10,11)(H,12,13);7-8H,3-6H2,1-2H3. The van der Waals surface area contributed by atoms with Crippen LogP contribution < -0.4 is 0 Å². The fraction of sp³-hybridized carbons (Fsp3) is 0.529. The van der Waals surface area contributed by atoms with E-state index >= 15 is 0 Å². The third-order valence-electron chi connectivity index (χ3n) is 4.42. The second-order valence-corrected chi connectivity index (χ2v) is 5.50. The van der Waals surface area contributed by atoms with E-state index in [0.717, 1.165) is 11.8 Å². The second-order valence-electron chi connectivity index (χ2n) is 5.50. The molecule has 2 atom stereocenters. The van der Waals surface area contributed by atoms with E-state index in [2.05, 4.69) is 13.8 Å². The first-order chi connectivity index (χ1) is 9.92. The van der Waals surface area contributed by atoms with Crippen LogP contribution in [0.2, 0.25) is 0 Å². The summed E-state index contributed by atoms with van der Waals surface area (Å²) in [6, 6.07) is 4.17. The smallest absolute Gasteiger partial charge is 0.335 e. The van der Waals surface area contributed by atoms with Gasteiger partial charge in [0.1, 0.15) is 0 Å². The Morgan fingerprint density at radius 3 is 1.62 bits per heavy atom. The minimum Gasteiger partial charge on any atom is -0.478 e. The van der Waals surface area contributed by atoms with E-state index in [9.17, 15) is 9.59 Å². The van der Waals surface area contributed by atoms with Gasteiger partial charge in [-0.3, -0.25) is 0 Å². The zero-order chi connectivity index (χ0) is 16.0. The van der Waals surface area contributed by atoms with Crippen LogP contribution in [0.25, 0.3) is 0 Å². The van der Waals surface area contributed by atoms with Crippen LogP contribution in [-0.2, 0) is 0 Å². The molecule has 4 heteroatoms. The van der Waals surface area contributed by atoms with Crippen LogP contribution in [0.3, 0.4) is 0 Å². The Labute approximate surface area is 125 Å². The average molecular weight is 292 g/mol. The molecule has 1 aliphatic carbocycles. The first kappa shape index (κ1) is 17.2. The Hall–Kier alpha value is -1.84. The van der Waals surface area contributed by atoms with Gasteiger partial charge in [0.15, 0.2) is 0 Å². The molecule has 0 saturated heterocycles. The molecule has 0 amide bonds. The minimum atomic E-state index is -1.11. The number of carboxylic acid groups (broad SMARTS) is 2. The molecule has 2 rings (SSSR count). The molecule has 0 aromatic heterocycles. The zero-order valence-corrected chi connectivity index (χ0v) is 12.9. The van der Waals surface area contributed by atoms with Crippen LogP contribution in [0.15, 0.2) is 18.2 Å². The summed E-state index contributed by atoms with van der Waals surface area (Å²) in [7, 11) is 0. The van der Waals surface area contributed by atoms with E-state index < -0.39 is 11.9 Å². The van der Waals surface area contributed by atoms with Crippen LogP contribution in [0.1, 0.15) is 65.8 Å². The fourth-order valence-corrected chi connectivity index (χ4v) is 2.81. The van der Waals surface area contributed by atoms with Gasteiger partial charge in [-0.1, -0.05) is 32.8 Å². The number of aromatic carboxylic acids is 2. The van der Waals surface area contributed by atoms with Crippen LogP contribution in [0.4, 0.5) is 0 Å². The Bertz CT molecular complexity index is 461. The van der Waals surface area contributed by atoms with Crippen LogP contribution >= 0.6 is 0 Å². The Morgan fingerprint density at radius 1 is 1.00 bits per heavy atom. The molecule has 1 saturated carbocycles. The lowest BCUT2D eigenvalue weighted by atomic mass is 9.71. The molecular formula is C17H24O4. The molecule has 0 radical (unpaired) electrons. The molecule has 116 valence electrons. The average Bonchev–Trinajstić information content (AvgIpc) is 2.39. The van der Waals surface area contributed by atoms with E-state index in [1.165, 1.54) is 50.8 Å². The van der Waals surface area contributed by atoms with Crippen molar-refractivity contribution in [3.8, 4) is 0 Å². The highest BCUT2D eigenvalue weighted by atomic mass is 16.4. The van der Waals surface area contributed by atoms with E-state index in [1.54, 1.807) is 0 Å². The maximum absolute atomic E-state index is 10.6.